The van der Waals surface area contributed by atoms with Crippen molar-refractivity contribution in [2.45, 2.75) is 10.3 Å². The summed E-state index contributed by atoms with van der Waals surface area (Å²) >= 11 is 4.59. The highest BCUT2D eigenvalue weighted by atomic mass is 35.5. The molecule has 0 aromatic carbocycles. The lowest BCUT2D eigenvalue weighted by molar-refractivity contribution is 0.0583. The first kappa shape index (κ1) is 15.8. The zero-order chi connectivity index (χ0) is 14.8. The Hall–Kier alpha value is -1.26. The average Bonchev–Trinajstić information content (AvgIpc) is 2.67. The number of methoxy groups -OCH3 is 1. The number of nitrogens with zero attached hydrogens (tertiary/aromatic N) is 2. The van der Waals surface area contributed by atoms with E-state index in [0.29, 0.717) is 0 Å². The Labute approximate surface area is 112 Å². The van der Waals surface area contributed by atoms with E-state index in [-0.39, 0.29) is 5.69 Å². The Kier molecular flexibility index (Phi) is 4.48. The van der Waals surface area contributed by atoms with E-state index in [1.54, 1.807) is 4.72 Å². The second-order valence-electron chi connectivity index (χ2n) is 3.41. The normalized spacial score (nSPS) is 12.5. The number of carbonyl (C=O) groups excluding carboxylic acids is 1. The van der Waals surface area contributed by atoms with Gasteiger partial charge < -0.3 is 4.74 Å². The molecule has 0 aliphatic carbocycles. The van der Waals surface area contributed by atoms with Crippen LogP contribution in [0.4, 0.5) is 8.78 Å². The van der Waals surface area contributed by atoms with Gasteiger partial charge in [-0.2, -0.15) is 13.9 Å². The van der Waals surface area contributed by atoms with Crippen LogP contribution in [0, 0.1) is 0 Å². The standard InChI is InChI=1S/C8H10ClF2N3O4S/c1-14-6(7(15)18-2)5(3-12-14)19(16,17)13-4-8(9,10)11/h3,13H,4H2,1-2H3. The lowest BCUT2D eigenvalue weighted by Crippen LogP contribution is -2.34. The molecular formula is C8H10ClF2N3O4S. The summed E-state index contributed by atoms with van der Waals surface area (Å²) in [6, 6.07) is 0. The third-order valence-corrected chi connectivity index (χ3v) is 3.57. The van der Waals surface area contributed by atoms with Gasteiger partial charge >= 0.3 is 11.4 Å². The molecule has 0 unspecified atom stereocenters. The van der Waals surface area contributed by atoms with Crippen molar-refractivity contribution in [2.75, 3.05) is 13.7 Å². The molecule has 0 radical (unpaired) electrons. The van der Waals surface area contributed by atoms with Crippen molar-refractivity contribution in [1.29, 1.82) is 0 Å². The van der Waals surface area contributed by atoms with Crippen LogP contribution in [-0.2, 0) is 21.8 Å². The highest BCUT2D eigenvalue weighted by molar-refractivity contribution is 7.89. The molecule has 1 aromatic heterocycles. The van der Waals surface area contributed by atoms with Gasteiger partial charge in [-0.05, 0) is 11.6 Å². The molecule has 0 aliphatic heterocycles. The number of alkyl halides is 3. The van der Waals surface area contributed by atoms with Crippen LogP contribution in [0.1, 0.15) is 10.5 Å². The van der Waals surface area contributed by atoms with Crippen molar-refractivity contribution in [3.05, 3.63) is 11.9 Å². The molecule has 0 saturated heterocycles. The number of sulfonamides is 1. The van der Waals surface area contributed by atoms with E-state index in [2.05, 4.69) is 21.4 Å². The fraction of sp³-hybridized carbons (Fsp3) is 0.500. The summed E-state index contributed by atoms with van der Waals surface area (Å²) < 4.78 is 55.3. The van der Waals surface area contributed by atoms with E-state index in [4.69, 9.17) is 0 Å². The number of ether oxygens (including phenoxy) is 1. The number of esters is 1. The second kappa shape index (κ2) is 5.39. The molecular weight excluding hydrogens is 308 g/mol. The van der Waals surface area contributed by atoms with Gasteiger partial charge in [-0.3, -0.25) is 4.68 Å². The molecule has 19 heavy (non-hydrogen) atoms. The largest absolute Gasteiger partial charge is 0.464 e. The Bertz CT molecular complexity index is 581. The molecule has 1 heterocycles. The summed E-state index contributed by atoms with van der Waals surface area (Å²) in [5.41, 5.74) is -0.382. The molecule has 0 aliphatic rings. The minimum atomic E-state index is -4.36. The quantitative estimate of drug-likeness (QED) is 0.624. The fourth-order valence-corrected chi connectivity index (χ4v) is 2.53. The predicted molar refractivity (Wildman–Crippen MR) is 60.5 cm³/mol. The van der Waals surface area contributed by atoms with E-state index in [1.165, 1.54) is 7.05 Å². The van der Waals surface area contributed by atoms with E-state index >= 15 is 0 Å². The van der Waals surface area contributed by atoms with Crippen LogP contribution in [0.15, 0.2) is 11.1 Å². The van der Waals surface area contributed by atoms with Crippen molar-refractivity contribution < 1.29 is 26.7 Å². The van der Waals surface area contributed by atoms with Gasteiger partial charge in [0.05, 0.1) is 19.9 Å². The summed E-state index contributed by atoms with van der Waals surface area (Å²) in [5.74, 6) is -0.960. The Morgan fingerprint density at radius 1 is 1.63 bits per heavy atom. The summed E-state index contributed by atoms with van der Waals surface area (Å²) in [6.45, 7) is -1.31. The molecule has 0 amide bonds. The van der Waals surface area contributed by atoms with Gasteiger partial charge in [-0.25, -0.2) is 17.9 Å². The molecule has 0 saturated carbocycles. The van der Waals surface area contributed by atoms with Crippen LogP contribution in [-0.4, -0.2) is 43.2 Å². The van der Waals surface area contributed by atoms with Crippen LogP contribution in [0.2, 0.25) is 0 Å². The van der Waals surface area contributed by atoms with Crippen molar-refractivity contribution in [2.24, 2.45) is 7.05 Å². The summed E-state index contributed by atoms with van der Waals surface area (Å²) in [6.07, 6.45) is 0.848. The lowest BCUT2D eigenvalue weighted by atomic mass is 10.4. The first-order valence-corrected chi connectivity index (χ1v) is 6.61. The third-order valence-electron chi connectivity index (χ3n) is 2.04. The van der Waals surface area contributed by atoms with E-state index < -0.39 is 32.8 Å². The maximum Gasteiger partial charge on any atom is 0.357 e. The molecule has 1 aromatic rings. The number of carbonyl (C=O) groups is 1. The van der Waals surface area contributed by atoms with Crippen LogP contribution >= 0.6 is 11.6 Å². The molecule has 0 spiro atoms. The molecule has 11 heteroatoms. The molecule has 7 nitrogen and oxygen atoms in total. The van der Waals surface area contributed by atoms with Crippen LogP contribution in [0.25, 0.3) is 0 Å². The Morgan fingerprint density at radius 2 is 2.21 bits per heavy atom. The zero-order valence-electron chi connectivity index (χ0n) is 9.85. The van der Waals surface area contributed by atoms with Gasteiger partial charge in [0.25, 0.3) is 0 Å². The molecule has 1 rings (SSSR count). The van der Waals surface area contributed by atoms with Crippen molar-refractivity contribution in [3.8, 4) is 0 Å². The summed E-state index contributed by atoms with van der Waals surface area (Å²) in [5, 5.41) is -0.163. The van der Waals surface area contributed by atoms with Gasteiger partial charge in [0.1, 0.15) is 4.90 Å². The topological polar surface area (TPSA) is 90.3 Å². The third kappa shape index (κ3) is 3.85. The van der Waals surface area contributed by atoms with Crippen LogP contribution in [0.5, 0.6) is 0 Å². The minimum absolute atomic E-state index is 0.382. The first-order valence-electron chi connectivity index (χ1n) is 4.75. The first-order chi connectivity index (χ1) is 8.58. The summed E-state index contributed by atoms with van der Waals surface area (Å²) in [7, 11) is -2.00. The minimum Gasteiger partial charge on any atom is -0.464 e. The Morgan fingerprint density at radius 3 is 2.68 bits per heavy atom. The highest BCUT2D eigenvalue weighted by Gasteiger charge is 2.32. The number of aromatic nitrogens is 2. The molecule has 1 N–H and O–H groups in total. The molecule has 0 fully saturated rings. The van der Waals surface area contributed by atoms with Gasteiger partial charge in [-0.15, -0.1) is 0 Å². The smallest absolute Gasteiger partial charge is 0.357 e. The van der Waals surface area contributed by atoms with Crippen molar-refractivity contribution >= 4 is 27.6 Å². The SMILES string of the molecule is COC(=O)c1c(S(=O)(=O)NCC(F)(F)Cl)cnn1C. The fourth-order valence-electron chi connectivity index (χ4n) is 1.20. The number of hydrogen-bond donors (Lipinski definition) is 1. The molecule has 0 bridgehead atoms. The maximum atomic E-state index is 12.4. The number of hydrogen-bond acceptors (Lipinski definition) is 5. The predicted octanol–water partition coefficient (Wildman–Crippen LogP) is 0.317. The highest BCUT2D eigenvalue weighted by Crippen LogP contribution is 2.20. The molecule has 108 valence electrons. The second-order valence-corrected chi connectivity index (χ2v) is 5.70. The van der Waals surface area contributed by atoms with Crippen LogP contribution in [0.3, 0.4) is 0 Å². The van der Waals surface area contributed by atoms with Gasteiger partial charge in [-0.1, -0.05) is 0 Å². The van der Waals surface area contributed by atoms with E-state index in [0.717, 1.165) is 18.0 Å². The lowest BCUT2D eigenvalue weighted by Gasteiger charge is -2.10. The summed E-state index contributed by atoms with van der Waals surface area (Å²) in [4.78, 5) is 10.8. The van der Waals surface area contributed by atoms with Gasteiger partial charge in [0.15, 0.2) is 5.69 Å². The number of rotatable bonds is 5. The molecule has 0 atom stereocenters. The van der Waals surface area contributed by atoms with Crippen LogP contribution < -0.4 is 4.72 Å². The van der Waals surface area contributed by atoms with E-state index in [1.807, 2.05) is 0 Å². The van der Waals surface area contributed by atoms with E-state index in [9.17, 15) is 22.0 Å². The van der Waals surface area contributed by atoms with Gasteiger partial charge in [0.2, 0.25) is 10.0 Å². The zero-order valence-corrected chi connectivity index (χ0v) is 11.4. The average molecular weight is 318 g/mol. The maximum absolute atomic E-state index is 12.4. The van der Waals surface area contributed by atoms with Crippen molar-refractivity contribution in [1.82, 2.24) is 14.5 Å². The monoisotopic (exact) mass is 317 g/mol. The van der Waals surface area contributed by atoms with Gasteiger partial charge in [0, 0.05) is 7.05 Å². The van der Waals surface area contributed by atoms with Crippen molar-refractivity contribution in [3.63, 3.8) is 0 Å². The Balaban J connectivity index is 3.13. The number of halogens is 3. The number of aryl methyl sites for hydroxylation is 1. The number of nitrogens with one attached hydrogen (secondary N) is 1.